The summed E-state index contributed by atoms with van der Waals surface area (Å²) in [4.78, 5) is 7.42. The lowest BCUT2D eigenvalue weighted by molar-refractivity contribution is 0.0927. The summed E-state index contributed by atoms with van der Waals surface area (Å²) in [6.45, 7) is 7.31. The largest absolute Gasteiger partial charge is 0.315 e. The lowest BCUT2D eigenvalue weighted by Gasteiger charge is -2.46. The minimum absolute atomic E-state index is 0.183. The van der Waals surface area contributed by atoms with Gasteiger partial charge in [-0.2, -0.15) is 0 Å². The van der Waals surface area contributed by atoms with E-state index in [-0.39, 0.29) is 5.54 Å². The highest BCUT2D eigenvalue weighted by atomic mass is 15.2. The Morgan fingerprint density at radius 1 is 1.29 bits per heavy atom. The molecular formula is C18H29N3. The van der Waals surface area contributed by atoms with E-state index < -0.39 is 0 Å². The Bertz CT molecular complexity index is 477. The maximum absolute atomic E-state index is 4.75. The summed E-state index contributed by atoms with van der Waals surface area (Å²) in [7, 11) is 2.12. The van der Waals surface area contributed by atoms with Crippen molar-refractivity contribution in [2.75, 3.05) is 20.1 Å². The van der Waals surface area contributed by atoms with Crippen molar-refractivity contribution in [1.82, 2.24) is 15.2 Å². The molecule has 0 radical (unpaired) electrons. The molecule has 0 spiro atoms. The molecule has 21 heavy (non-hydrogen) atoms. The Morgan fingerprint density at radius 3 is 2.76 bits per heavy atom. The van der Waals surface area contributed by atoms with Crippen molar-refractivity contribution in [3.8, 4) is 0 Å². The third kappa shape index (κ3) is 2.74. The molecule has 1 aromatic heterocycles. The number of nitrogens with zero attached hydrogens (tertiary/aromatic N) is 2. The van der Waals surface area contributed by atoms with Crippen LogP contribution in [0.4, 0.5) is 0 Å². The third-order valence-electron chi connectivity index (χ3n) is 5.63. The lowest BCUT2D eigenvalue weighted by atomic mass is 9.74. The SMILES string of the molecule is CNC(C1CCCc2cccnc21)C(C)(C)N1CCCC1. The molecular weight excluding hydrogens is 258 g/mol. The van der Waals surface area contributed by atoms with Gasteiger partial charge < -0.3 is 5.32 Å². The fourth-order valence-electron chi connectivity index (χ4n) is 4.51. The molecule has 1 N–H and O–H groups in total. The molecule has 0 amide bonds. The average Bonchev–Trinajstić information content (AvgIpc) is 3.03. The second-order valence-corrected chi connectivity index (χ2v) is 7.16. The Hall–Kier alpha value is -0.930. The number of likely N-dealkylation sites (N-methyl/N-ethyl adjacent to an activating group) is 1. The van der Waals surface area contributed by atoms with E-state index in [4.69, 9.17) is 4.98 Å². The predicted molar refractivity (Wildman–Crippen MR) is 87.6 cm³/mol. The minimum Gasteiger partial charge on any atom is -0.315 e. The Kier molecular flexibility index (Phi) is 4.32. The third-order valence-corrected chi connectivity index (χ3v) is 5.63. The second kappa shape index (κ2) is 6.05. The van der Waals surface area contributed by atoms with Crippen LogP contribution in [0.15, 0.2) is 18.3 Å². The van der Waals surface area contributed by atoms with Crippen molar-refractivity contribution in [1.29, 1.82) is 0 Å². The van der Waals surface area contributed by atoms with Crippen molar-refractivity contribution in [3.05, 3.63) is 29.6 Å². The first-order valence-corrected chi connectivity index (χ1v) is 8.50. The highest BCUT2D eigenvalue weighted by Crippen LogP contribution is 2.38. The normalized spacial score (nSPS) is 24.8. The standard InChI is InChI=1S/C18H29N3/c1-18(2,21-12-4-5-13-21)17(19-3)15-10-6-8-14-9-7-11-20-16(14)15/h7,9,11,15,17,19H,4-6,8,10,12-13H2,1-3H3. The van der Waals surface area contributed by atoms with Gasteiger partial charge in [-0.15, -0.1) is 0 Å². The van der Waals surface area contributed by atoms with Crippen molar-refractivity contribution < 1.29 is 0 Å². The highest BCUT2D eigenvalue weighted by molar-refractivity contribution is 5.28. The first kappa shape index (κ1) is 15.0. The molecule has 2 atom stereocenters. The topological polar surface area (TPSA) is 28.2 Å². The van der Waals surface area contributed by atoms with Crippen LogP contribution < -0.4 is 5.32 Å². The number of likely N-dealkylation sites (tertiary alicyclic amines) is 1. The molecule has 0 bridgehead atoms. The number of nitrogens with one attached hydrogen (secondary N) is 1. The summed E-state index contributed by atoms with van der Waals surface area (Å²) in [6.07, 6.45) is 8.40. The zero-order valence-corrected chi connectivity index (χ0v) is 13.7. The van der Waals surface area contributed by atoms with Crippen LogP contribution in [-0.4, -0.2) is 41.6 Å². The molecule has 0 saturated carbocycles. The summed E-state index contributed by atoms with van der Waals surface area (Å²) in [5.41, 5.74) is 2.99. The molecule has 3 nitrogen and oxygen atoms in total. The van der Waals surface area contributed by atoms with Gasteiger partial charge in [-0.3, -0.25) is 9.88 Å². The van der Waals surface area contributed by atoms with Crippen molar-refractivity contribution in [2.24, 2.45) is 0 Å². The summed E-state index contributed by atoms with van der Waals surface area (Å²) in [6, 6.07) is 4.82. The molecule has 3 heteroatoms. The van der Waals surface area contributed by atoms with Crippen LogP contribution in [0.2, 0.25) is 0 Å². The van der Waals surface area contributed by atoms with Gasteiger partial charge in [-0.05, 0) is 77.7 Å². The van der Waals surface area contributed by atoms with E-state index in [2.05, 4.69) is 43.2 Å². The van der Waals surface area contributed by atoms with Gasteiger partial charge in [0.2, 0.25) is 0 Å². The number of pyridine rings is 1. The molecule has 1 aromatic rings. The number of aromatic nitrogens is 1. The van der Waals surface area contributed by atoms with Crippen LogP contribution in [0.1, 0.15) is 56.7 Å². The van der Waals surface area contributed by atoms with E-state index in [1.807, 2.05) is 6.20 Å². The van der Waals surface area contributed by atoms with Gasteiger partial charge >= 0.3 is 0 Å². The Morgan fingerprint density at radius 2 is 2.05 bits per heavy atom. The van der Waals surface area contributed by atoms with Gasteiger partial charge in [0.15, 0.2) is 0 Å². The monoisotopic (exact) mass is 287 g/mol. The second-order valence-electron chi connectivity index (χ2n) is 7.16. The number of fused-ring (bicyclic) bond motifs is 1. The van der Waals surface area contributed by atoms with E-state index in [9.17, 15) is 0 Å². The smallest absolute Gasteiger partial charge is 0.0482 e. The maximum atomic E-state index is 4.75. The summed E-state index contributed by atoms with van der Waals surface area (Å²) in [5, 5.41) is 3.65. The van der Waals surface area contributed by atoms with Crippen molar-refractivity contribution in [2.45, 2.75) is 63.5 Å². The molecule has 1 aliphatic carbocycles. The lowest BCUT2D eigenvalue weighted by Crippen LogP contribution is -2.58. The van der Waals surface area contributed by atoms with Crippen LogP contribution in [-0.2, 0) is 6.42 Å². The number of rotatable bonds is 4. The first-order valence-electron chi connectivity index (χ1n) is 8.50. The van der Waals surface area contributed by atoms with Gasteiger partial charge in [0.25, 0.3) is 0 Å². The predicted octanol–water partition coefficient (Wildman–Crippen LogP) is 2.96. The van der Waals surface area contributed by atoms with Gasteiger partial charge in [-0.1, -0.05) is 6.07 Å². The van der Waals surface area contributed by atoms with Crippen molar-refractivity contribution >= 4 is 0 Å². The summed E-state index contributed by atoms with van der Waals surface area (Å²) in [5.74, 6) is 0.538. The van der Waals surface area contributed by atoms with Crippen LogP contribution >= 0.6 is 0 Å². The van der Waals surface area contributed by atoms with E-state index in [1.165, 1.54) is 56.5 Å². The number of hydrogen-bond acceptors (Lipinski definition) is 3. The van der Waals surface area contributed by atoms with E-state index in [0.717, 1.165) is 0 Å². The van der Waals surface area contributed by atoms with E-state index in [0.29, 0.717) is 12.0 Å². The molecule has 2 heterocycles. The molecule has 116 valence electrons. The van der Waals surface area contributed by atoms with Gasteiger partial charge in [0, 0.05) is 29.4 Å². The molecule has 3 rings (SSSR count). The first-order chi connectivity index (χ1) is 10.1. The molecule has 1 aliphatic heterocycles. The molecule has 2 unspecified atom stereocenters. The minimum atomic E-state index is 0.183. The Labute approximate surface area is 129 Å². The zero-order chi connectivity index (χ0) is 14.9. The van der Waals surface area contributed by atoms with Crippen LogP contribution in [0.5, 0.6) is 0 Å². The van der Waals surface area contributed by atoms with Gasteiger partial charge in [0.1, 0.15) is 0 Å². The van der Waals surface area contributed by atoms with Crippen LogP contribution in [0.25, 0.3) is 0 Å². The van der Waals surface area contributed by atoms with Crippen LogP contribution in [0, 0.1) is 0 Å². The highest BCUT2D eigenvalue weighted by Gasteiger charge is 2.42. The Balaban J connectivity index is 1.90. The van der Waals surface area contributed by atoms with Crippen LogP contribution in [0.3, 0.4) is 0 Å². The molecule has 0 aromatic carbocycles. The fourth-order valence-corrected chi connectivity index (χ4v) is 4.51. The van der Waals surface area contributed by atoms with E-state index >= 15 is 0 Å². The maximum Gasteiger partial charge on any atom is 0.0482 e. The summed E-state index contributed by atoms with van der Waals surface area (Å²) >= 11 is 0. The molecule has 2 aliphatic rings. The van der Waals surface area contributed by atoms with E-state index in [1.54, 1.807) is 0 Å². The quantitative estimate of drug-likeness (QED) is 0.923. The number of aryl methyl sites for hydroxylation is 1. The summed E-state index contributed by atoms with van der Waals surface area (Å²) < 4.78 is 0. The average molecular weight is 287 g/mol. The fraction of sp³-hybridized carbons (Fsp3) is 0.722. The number of hydrogen-bond donors (Lipinski definition) is 1. The van der Waals surface area contributed by atoms with Gasteiger partial charge in [0.05, 0.1) is 0 Å². The molecule has 1 saturated heterocycles. The zero-order valence-electron chi connectivity index (χ0n) is 13.7. The van der Waals surface area contributed by atoms with Gasteiger partial charge in [-0.25, -0.2) is 0 Å². The molecule has 1 fully saturated rings. The van der Waals surface area contributed by atoms with Crippen molar-refractivity contribution in [3.63, 3.8) is 0 Å².